The monoisotopic (exact) mass is 358 g/mol. The van der Waals surface area contributed by atoms with Gasteiger partial charge in [-0.05, 0) is 61.8 Å². The van der Waals surface area contributed by atoms with E-state index in [4.69, 9.17) is 4.74 Å². The molecule has 0 saturated carbocycles. The molecule has 144 valence electrons. The summed E-state index contributed by atoms with van der Waals surface area (Å²) in [7, 11) is 0. The molecule has 2 rings (SSSR count). The zero-order valence-corrected chi connectivity index (χ0v) is 16.2. The number of unbranched alkanes of at least 4 members (excludes halogenated alkanes) is 4. The van der Waals surface area contributed by atoms with Gasteiger partial charge in [-0.2, -0.15) is 0 Å². The Bertz CT molecular complexity index is 559. The van der Waals surface area contributed by atoms with E-state index in [0.29, 0.717) is 12.2 Å². The van der Waals surface area contributed by atoms with Crippen LogP contribution in [-0.4, -0.2) is 17.2 Å². The van der Waals surface area contributed by atoms with Crippen LogP contribution in [0.1, 0.15) is 89.5 Å². The van der Waals surface area contributed by atoms with E-state index in [9.17, 15) is 9.90 Å². The molecular weight excluding hydrogens is 324 g/mol. The highest BCUT2D eigenvalue weighted by Gasteiger charge is 2.19. The second-order valence-corrected chi connectivity index (χ2v) is 7.35. The first-order valence-electron chi connectivity index (χ1n) is 10.4. The van der Waals surface area contributed by atoms with Crippen LogP contribution in [0.15, 0.2) is 30.3 Å². The van der Waals surface area contributed by atoms with Crippen molar-refractivity contribution in [3.05, 3.63) is 35.9 Å². The Balaban J connectivity index is 1.89. The van der Waals surface area contributed by atoms with Gasteiger partial charge in [0.25, 0.3) is 0 Å². The zero-order valence-electron chi connectivity index (χ0n) is 16.2. The minimum absolute atomic E-state index is 0.575. The molecule has 0 saturated heterocycles. The van der Waals surface area contributed by atoms with Gasteiger partial charge in [0, 0.05) is 0 Å². The van der Waals surface area contributed by atoms with Gasteiger partial charge in [0.15, 0.2) is 6.10 Å². The van der Waals surface area contributed by atoms with Crippen molar-refractivity contribution in [2.45, 2.75) is 90.1 Å². The Labute approximate surface area is 158 Å². The van der Waals surface area contributed by atoms with E-state index in [0.717, 1.165) is 25.7 Å². The second-order valence-electron chi connectivity index (χ2n) is 7.35. The number of carboxylic acid groups (broad SMARTS) is 1. The van der Waals surface area contributed by atoms with Crippen LogP contribution in [0, 0.1) is 0 Å². The Morgan fingerprint density at radius 2 is 1.77 bits per heavy atom. The molecular formula is C23H34O3. The minimum atomic E-state index is -0.868. The molecule has 0 fully saturated rings. The first-order valence-corrected chi connectivity index (χ1v) is 10.4. The minimum Gasteiger partial charge on any atom is -0.479 e. The average Bonchev–Trinajstić information content (AvgIpc) is 2.61. The maximum atomic E-state index is 11.5. The fourth-order valence-corrected chi connectivity index (χ4v) is 3.53. The lowest BCUT2D eigenvalue weighted by molar-refractivity contribution is -0.145. The summed E-state index contributed by atoms with van der Waals surface area (Å²) >= 11 is 0. The summed E-state index contributed by atoms with van der Waals surface area (Å²) in [5, 5.41) is 9.42. The van der Waals surface area contributed by atoms with Gasteiger partial charge < -0.3 is 9.84 Å². The number of carboxylic acids is 1. The van der Waals surface area contributed by atoms with E-state index < -0.39 is 12.1 Å². The maximum Gasteiger partial charge on any atom is 0.344 e. The molecule has 1 aliphatic carbocycles. The largest absolute Gasteiger partial charge is 0.479 e. The van der Waals surface area contributed by atoms with Gasteiger partial charge in [-0.15, -0.1) is 0 Å². The van der Waals surface area contributed by atoms with Crippen LogP contribution in [0.4, 0.5) is 0 Å². The summed E-state index contributed by atoms with van der Waals surface area (Å²) in [6, 6.07) is 7.98. The molecule has 0 heterocycles. The molecule has 0 radical (unpaired) electrons. The second kappa shape index (κ2) is 11.8. The van der Waals surface area contributed by atoms with Gasteiger partial charge >= 0.3 is 5.97 Å². The molecule has 1 aromatic carbocycles. The van der Waals surface area contributed by atoms with Gasteiger partial charge in [0.2, 0.25) is 0 Å². The van der Waals surface area contributed by atoms with Crippen LogP contribution >= 0.6 is 0 Å². The molecule has 1 unspecified atom stereocenters. The van der Waals surface area contributed by atoms with Crippen molar-refractivity contribution in [3.63, 3.8) is 0 Å². The molecule has 1 aromatic rings. The lowest BCUT2D eigenvalue weighted by atomic mass is 9.95. The predicted molar refractivity (Wildman–Crippen MR) is 108 cm³/mol. The molecule has 0 amide bonds. The number of benzene rings is 1. The van der Waals surface area contributed by atoms with Crippen molar-refractivity contribution < 1.29 is 14.6 Å². The Kier molecular flexibility index (Phi) is 9.30. The average molecular weight is 359 g/mol. The molecule has 0 spiro atoms. The Morgan fingerprint density at radius 3 is 2.50 bits per heavy atom. The SMILES string of the molecule is CCCCCCCC(Oc1ccc(/C2=C/CCCCCC2)cc1)C(=O)O. The van der Waals surface area contributed by atoms with Crippen molar-refractivity contribution >= 4 is 11.5 Å². The third kappa shape index (κ3) is 7.23. The van der Waals surface area contributed by atoms with E-state index in [1.54, 1.807) is 0 Å². The van der Waals surface area contributed by atoms with Crippen LogP contribution in [-0.2, 0) is 4.79 Å². The van der Waals surface area contributed by atoms with E-state index in [-0.39, 0.29) is 0 Å². The Morgan fingerprint density at radius 1 is 1.04 bits per heavy atom. The number of hydrogen-bond donors (Lipinski definition) is 1. The number of ether oxygens (including phenoxy) is 1. The first-order chi connectivity index (χ1) is 12.7. The molecule has 3 nitrogen and oxygen atoms in total. The normalized spacial score (nSPS) is 18.3. The standard InChI is InChI=1S/C23H34O3/c1-2-3-4-6-11-14-22(23(24)25)26-21-17-15-20(16-18-21)19-12-9-7-5-8-10-13-19/h12,15-18,22H,2-11,13-14H2,1H3,(H,24,25)/b19-12+. The summed E-state index contributed by atoms with van der Waals surface area (Å²) in [6.07, 6.45) is 15.2. The fourth-order valence-electron chi connectivity index (χ4n) is 3.53. The quantitative estimate of drug-likeness (QED) is 0.478. The lowest BCUT2D eigenvalue weighted by Crippen LogP contribution is -2.26. The number of aliphatic carboxylic acids is 1. The third-order valence-corrected chi connectivity index (χ3v) is 5.14. The highest BCUT2D eigenvalue weighted by Crippen LogP contribution is 2.27. The zero-order chi connectivity index (χ0) is 18.6. The molecule has 0 bridgehead atoms. The van der Waals surface area contributed by atoms with Crippen LogP contribution in [0.3, 0.4) is 0 Å². The van der Waals surface area contributed by atoms with Crippen LogP contribution < -0.4 is 4.74 Å². The molecule has 0 aromatic heterocycles. The smallest absolute Gasteiger partial charge is 0.344 e. The van der Waals surface area contributed by atoms with Crippen LogP contribution in [0.5, 0.6) is 5.75 Å². The van der Waals surface area contributed by atoms with Crippen LogP contribution in [0.2, 0.25) is 0 Å². The summed E-state index contributed by atoms with van der Waals surface area (Å²) < 4.78 is 5.75. The molecule has 0 aliphatic heterocycles. The van der Waals surface area contributed by atoms with E-state index in [2.05, 4.69) is 25.1 Å². The highest BCUT2D eigenvalue weighted by molar-refractivity contribution is 5.72. The van der Waals surface area contributed by atoms with Gasteiger partial charge in [0.1, 0.15) is 5.75 Å². The van der Waals surface area contributed by atoms with E-state index in [1.165, 1.54) is 56.1 Å². The Hall–Kier alpha value is -1.77. The number of allylic oxidation sites excluding steroid dienone is 2. The number of hydrogen-bond acceptors (Lipinski definition) is 2. The van der Waals surface area contributed by atoms with Gasteiger partial charge in [-0.3, -0.25) is 0 Å². The fraction of sp³-hybridized carbons (Fsp3) is 0.609. The number of rotatable bonds is 10. The molecule has 26 heavy (non-hydrogen) atoms. The molecule has 1 N–H and O–H groups in total. The maximum absolute atomic E-state index is 11.5. The predicted octanol–water partition coefficient (Wildman–Crippen LogP) is 6.62. The lowest BCUT2D eigenvalue weighted by Gasteiger charge is -2.16. The molecule has 3 heteroatoms. The highest BCUT2D eigenvalue weighted by atomic mass is 16.5. The van der Waals surface area contributed by atoms with Gasteiger partial charge in [-0.1, -0.05) is 63.7 Å². The summed E-state index contributed by atoms with van der Waals surface area (Å²) in [5.74, 6) is -0.214. The van der Waals surface area contributed by atoms with Gasteiger partial charge in [0.05, 0.1) is 0 Å². The van der Waals surface area contributed by atoms with Crippen LogP contribution in [0.25, 0.3) is 5.57 Å². The molecule has 1 aliphatic rings. The van der Waals surface area contributed by atoms with Crippen molar-refractivity contribution in [2.75, 3.05) is 0 Å². The van der Waals surface area contributed by atoms with E-state index in [1.807, 2.05) is 12.1 Å². The van der Waals surface area contributed by atoms with Crippen molar-refractivity contribution in [2.24, 2.45) is 0 Å². The van der Waals surface area contributed by atoms with E-state index >= 15 is 0 Å². The molecule has 1 atom stereocenters. The third-order valence-electron chi connectivity index (χ3n) is 5.14. The van der Waals surface area contributed by atoms with Crippen molar-refractivity contribution in [1.82, 2.24) is 0 Å². The summed E-state index contributed by atoms with van der Waals surface area (Å²) in [5.41, 5.74) is 2.66. The summed E-state index contributed by atoms with van der Waals surface area (Å²) in [6.45, 7) is 2.18. The van der Waals surface area contributed by atoms with Gasteiger partial charge in [-0.25, -0.2) is 4.79 Å². The van der Waals surface area contributed by atoms with Crippen molar-refractivity contribution in [1.29, 1.82) is 0 Å². The summed E-state index contributed by atoms with van der Waals surface area (Å²) in [4.78, 5) is 11.5. The number of carbonyl (C=O) groups is 1. The first kappa shape index (κ1) is 20.5. The van der Waals surface area contributed by atoms with Crippen molar-refractivity contribution in [3.8, 4) is 5.75 Å². The topological polar surface area (TPSA) is 46.5 Å².